The maximum atomic E-state index is 9.84. The highest BCUT2D eigenvalue weighted by Gasteiger charge is 2.09. The summed E-state index contributed by atoms with van der Waals surface area (Å²) in [5.41, 5.74) is 2.16. The smallest absolute Gasteiger partial charge is 0.128 e. The maximum absolute atomic E-state index is 9.84. The normalized spacial score (nSPS) is 12.4. The van der Waals surface area contributed by atoms with Gasteiger partial charge in [-0.2, -0.15) is 0 Å². The Morgan fingerprint density at radius 1 is 1.35 bits per heavy atom. The Bertz CT molecular complexity index is 540. The predicted molar refractivity (Wildman–Crippen MR) is 84.9 cm³/mol. The zero-order chi connectivity index (χ0) is 13.8. The van der Waals surface area contributed by atoms with Crippen molar-refractivity contribution in [2.45, 2.75) is 32.9 Å². The third kappa shape index (κ3) is 4.40. The number of aliphatic hydroxyl groups is 1. The van der Waals surface area contributed by atoms with E-state index in [1.165, 1.54) is 0 Å². The average molecular weight is 299 g/mol. The van der Waals surface area contributed by atoms with Crippen LogP contribution in [0.3, 0.4) is 0 Å². The zero-order valence-electron chi connectivity index (χ0n) is 12.1. The minimum absolute atomic E-state index is 0. The number of rotatable bonds is 6. The van der Waals surface area contributed by atoms with E-state index in [2.05, 4.69) is 30.2 Å². The van der Waals surface area contributed by atoms with Crippen LogP contribution in [-0.4, -0.2) is 35.4 Å². The molecule has 5 heteroatoms. The molecule has 1 unspecified atom stereocenters. The van der Waals surface area contributed by atoms with Gasteiger partial charge in [-0.3, -0.25) is 0 Å². The molecule has 1 atom stereocenters. The first-order valence-corrected chi connectivity index (χ1v) is 6.69. The first-order chi connectivity index (χ1) is 9.06. The molecule has 1 aromatic carbocycles. The minimum atomic E-state index is -0.502. The quantitative estimate of drug-likeness (QED) is 0.768. The lowest BCUT2D eigenvalue weighted by Gasteiger charge is -2.15. The monoisotopic (exact) mass is 298 g/mol. The molecule has 1 heterocycles. The second-order valence-electron chi connectivity index (χ2n) is 5.20. The van der Waals surface area contributed by atoms with E-state index >= 15 is 0 Å². The summed E-state index contributed by atoms with van der Waals surface area (Å²) in [4.78, 5) is 3.27. The lowest BCUT2D eigenvalue weighted by Crippen LogP contribution is -2.35. The zero-order valence-corrected chi connectivity index (χ0v) is 13.0. The van der Waals surface area contributed by atoms with Crippen LogP contribution in [0.1, 0.15) is 19.5 Å². The second kappa shape index (κ2) is 7.53. The fraction of sp³-hybridized carbons (Fsp3) is 0.467. The van der Waals surface area contributed by atoms with Gasteiger partial charge in [0.25, 0.3) is 0 Å². The van der Waals surface area contributed by atoms with E-state index in [0.29, 0.717) is 19.2 Å². The lowest BCUT2D eigenvalue weighted by atomic mass is 10.2. The third-order valence-corrected chi connectivity index (χ3v) is 2.95. The van der Waals surface area contributed by atoms with Gasteiger partial charge >= 0.3 is 0 Å². The molecule has 0 amide bonds. The van der Waals surface area contributed by atoms with Gasteiger partial charge in [-0.1, -0.05) is 19.9 Å². The van der Waals surface area contributed by atoms with Gasteiger partial charge in [0.15, 0.2) is 0 Å². The van der Waals surface area contributed by atoms with E-state index in [-0.39, 0.29) is 12.4 Å². The molecule has 1 aromatic heterocycles. The van der Waals surface area contributed by atoms with Gasteiger partial charge in [-0.05, 0) is 25.1 Å². The third-order valence-electron chi connectivity index (χ3n) is 2.95. The molecule has 0 saturated heterocycles. The number of hydrogen-bond acceptors (Lipinski definition) is 3. The molecule has 0 aliphatic rings. The SMILES string of the molecule is Cc1cc2c(OCC(O)CNC(C)C)cccc2[nH]1.Cl. The number of aryl methyl sites for hydroxylation is 1. The molecule has 0 saturated carbocycles. The lowest BCUT2D eigenvalue weighted by molar-refractivity contribution is 0.105. The van der Waals surface area contributed by atoms with Crippen molar-refractivity contribution in [3.8, 4) is 5.75 Å². The number of aromatic nitrogens is 1. The first kappa shape index (κ1) is 16.8. The Hall–Kier alpha value is -1.23. The van der Waals surface area contributed by atoms with Crippen LogP contribution in [-0.2, 0) is 0 Å². The molecule has 0 spiro atoms. The van der Waals surface area contributed by atoms with Crippen molar-refractivity contribution in [2.75, 3.05) is 13.2 Å². The Morgan fingerprint density at radius 2 is 2.10 bits per heavy atom. The number of hydrogen-bond donors (Lipinski definition) is 3. The number of aliphatic hydroxyl groups excluding tert-OH is 1. The van der Waals surface area contributed by atoms with Gasteiger partial charge in [0.1, 0.15) is 18.5 Å². The van der Waals surface area contributed by atoms with E-state index in [1.54, 1.807) is 0 Å². The summed E-state index contributed by atoms with van der Waals surface area (Å²) in [7, 11) is 0. The van der Waals surface area contributed by atoms with Crippen molar-refractivity contribution in [3.63, 3.8) is 0 Å². The van der Waals surface area contributed by atoms with Crippen LogP contribution < -0.4 is 10.1 Å². The van der Waals surface area contributed by atoms with E-state index in [1.807, 2.05) is 25.1 Å². The van der Waals surface area contributed by atoms with E-state index in [9.17, 15) is 5.11 Å². The number of nitrogens with one attached hydrogen (secondary N) is 2. The fourth-order valence-corrected chi connectivity index (χ4v) is 2.01. The standard InChI is InChI=1S/C15H22N2O2.ClH/c1-10(2)16-8-12(18)9-19-15-6-4-5-14-13(15)7-11(3)17-14;/h4-7,10,12,16-18H,8-9H2,1-3H3;1H. The highest BCUT2D eigenvalue weighted by Crippen LogP contribution is 2.26. The van der Waals surface area contributed by atoms with Crippen molar-refractivity contribution < 1.29 is 9.84 Å². The number of fused-ring (bicyclic) bond motifs is 1. The maximum Gasteiger partial charge on any atom is 0.128 e. The van der Waals surface area contributed by atoms with Gasteiger partial charge in [0, 0.05) is 29.2 Å². The molecular formula is C15H23ClN2O2. The van der Waals surface area contributed by atoms with Crippen LogP contribution in [0, 0.1) is 6.92 Å². The van der Waals surface area contributed by atoms with Crippen LogP contribution in [0.2, 0.25) is 0 Å². The van der Waals surface area contributed by atoms with E-state index in [0.717, 1.165) is 22.3 Å². The van der Waals surface area contributed by atoms with Gasteiger partial charge < -0.3 is 20.1 Å². The van der Waals surface area contributed by atoms with Crippen molar-refractivity contribution in [1.82, 2.24) is 10.3 Å². The number of H-pyrrole nitrogens is 1. The fourth-order valence-electron chi connectivity index (χ4n) is 2.01. The van der Waals surface area contributed by atoms with E-state index < -0.39 is 6.10 Å². The molecular weight excluding hydrogens is 276 g/mol. The largest absolute Gasteiger partial charge is 0.490 e. The summed E-state index contributed by atoms with van der Waals surface area (Å²) < 4.78 is 5.72. The van der Waals surface area contributed by atoms with Crippen molar-refractivity contribution in [1.29, 1.82) is 0 Å². The highest BCUT2D eigenvalue weighted by molar-refractivity contribution is 5.86. The van der Waals surface area contributed by atoms with Crippen molar-refractivity contribution >= 4 is 23.3 Å². The molecule has 0 aliphatic heterocycles. The van der Waals surface area contributed by atoms with Crippen LogP contribution in [0.4, 0.5) is 0 Å². The topological polar surface area (TPSA) is 57.3 Å². The molecule has 2 rings (SSSR count). The molecule has 112 valence electrons. The predicted octanol–water partition coefficient (Wildman–Crippen LogP) is 2.64. The molecule has 0 fully saturated rings. The molecule has 3 N–H and O–H groups in total. The summed E-state index contributed by atoms with van der Waals surface area (Å²) in [6.45, 7) is 6.96. The average Bonchev–Trinajstić information content (AvgIpc) is 2.74. The summed E-state index contributed by atoms with van der Waals surface area (Å²) >= 11 is 0. The number of halogens is 1. The summed E-state index contributed by atoms with van der Waals surface area (Å²) in [5.74, 6) is 0.811. The molecule has 20 heavy (non-hydrogen) atoms. The van der Waals surface area contributed by atoms with Crippen molar-refractivity contribution in [3.05, 3.63) is 30.0 Å². The van der Waals surface area contributed by atoms with E-state index in [4.69, 9.17) is 4.74 Å². The summed E-state index contributed by atoms with van der Waals surface area (Å²) in [6.07, 6.45) is -0.502. The van der Waals surface area contributed by atoms with Crippen LogP contribution in [0.5, 0.6) is 5.75 Å². The molecule has 0 bridgehead atoms. The second-order valence-corrected chi connectivity index (χ2v) is 5.20. The number of benzene rings is 1. The first-order valence-electron chi connectivity index (χ1n) is 6.69. The van der Waals surface area contributed by atoms with Crippen LogP contribution >= 0.6 is 12.4 Å². The van der Waals surface area contributed by atoms with Crippen LogP contribution in [0.15, 0.2) is 24.3 Å². The Labute approximate surface area is 125 Å². The Kier molecular flexibility index (Phi) is 6.33. The molecule has 0 aliphatic carbocycles. The molecule has 2 aromatic rings. The van der Waals surface area contributed by atoms with Gasteiger partial charge in [0.2, 0.25) is 0 Å². The molecule has 4 nitrogen and oxygen atoms in total. The Morgan fingerprint density at radius 3 is 2.80 bits per heavy atom. The van der Waals surface area contributed by atoms with Gasteiger partial charge in [0.05, 0.1) is 0 Å². The number of ether oxygens (including phenoxy) is 1. The van der Waals surface area contributed by atoms with Crippen LogP contribution in [0.25, 0.3) is 10.9 Å². The highest BCUT2D eigenvalue weighted by atomic mass is 35.5. The summed E-state index contributed by atoms with van der Waals surface area (Å²) in [6, 6.07) is 8.32. The van der Waals surface area contributed by atoms with Gasteiger partial charge in [-0.15, -0.1) is 12.4 Å². The Balaban J connectivity index is 0.00000200. The summed E-state index contributed by atoms with van der Waals surface area (Å²) in [5, 5.41) is 14.1. The minimum Gasteiger partial charge on any atom is -0.490 e. The molecule has 0 radical (unpaired) electrons. The van der Waals surface area contributed by atoms with Gasteiger partial charge in [-0.25, -0.2) is 0 Å². The number of aromatic amines is 1. The van der Waals surface area contributed by atoms with Crippen molar-refractivity contribution in [2.24, 2.45) is 0 Å².